The summed E-state index contributed by atoms with van der Waals surface area (Å²) in [6.07, 6.45) is 1.35. The minimum absolute atomic E-state index is 0.0203. The predicted octanol–water partition coefficient (Wildman–Crippen LogP) is 1.50. The molecular formula is C19H29N3O4S. The third-order valence-corrected chi connectivity index (χ3v) is 6.70. The molecule has 0 radical (unpaired) electrons. The quantitative estimate of drug-likeness (QED) is 0.707. The summed E-state index contributed by atoms with van der Waals surface area (Å²) in [7, 11) is -1.67. The molecule has 2 rings (SSSR count). The third kappa shape index (κ3) is 5.60. The number of nitrogens with zero attached hydrogens (tertiary/aromatic N) is 2. The first kappa shape index (κ1) is 21.5. The predicted molar refractivity (Wildman–Crippen MR) is 104 cm³/mol. The second kappa shape index (κ2) is 8.95. The molecule has 1 aliphatic rings. The summed E-state index contributed by atoms with van der Waals surface area (Å²) in [4.78, 5) is 25.5. The van der Waals surface area contributed by atoms with E-state index in [-0.39, 0.29) is 28.7 Å². The smallest absolute Gasteiger partial charge is 0.243 e. The van der Waals surface area contributed by atoms with Crippen LogP contribution < -0.4 is 5.32 Å². The molecule has 27 heavy (non-hydrogen) atoms. The molecule has 0 unspecified atom stereocenters. The van der Waals surface area contributed by atoms with Gasteiger partial charge in [0.05, 0.1) is 11.4 Å². The van der Waals surface area contributed by atoms with Gasteiger partial charge in [-0.2, -0.15) is 4.31 Å². The van der Waals surface area contributed by atoms with Gasteiger partial charge in [0.25, 0.3) is 0 Å². The topological polar surface area (TPSA) is 86.8 Å². The number of carbonyl (C=O) groups excluding carboxylic acids is 2. The summed E-state index contributed by atoms with van der Waals surface area (Å²) in [6.45, 7) is 6.43. The van der Waals surface area contributed by atoms with Crippen LogP contribution >= 0.6 is 0 Å². The van der Waals surface area contributed by atoms with E-state index in [4.69, 9.17) is 0 Å². The maximum absolute atomic E-state index is 12.8. The molecule has 1 heterocycles. The van der Waals surface area contributed by atoms with Gasteiger partial charge in [-0.05, 0) is 52.8 Å². The van der Waals surface area contributed by atoms with E-state index in [1.54, 1.807) is 12.1 Å². The van der Waals surface area contributed by atoms with Gasteiger partial charge in [0, 0.05) is 30.7 Å². The Balaban J connectivity index is 1.95. The molecule has 0 saturated carbocycles. The van der Waals surface area contributed by atoms with Crippen molar-refractivity contribution in [2.24, 2.45) is 0 Å². The van der Waals surface area contributed by atoms with E-state index in [0.717, 1.165) is 0 Å². The molecule has 1 aromatic rings. The number of carbonyl (C=O) groups is 2. The highest BCUT2D eigenvalue weighted by Crippen LogP contribution is 2.23. The molecule has 1 amide bonds. The second-order valence-electron chi connectivity index (χ2n) is 7.35. The summed E-state index contributed by atoms with van der Waals surface area (Å²) in [5.41, 5.74) is 0.494. The number of likely N-dealkylation sites (N-methyl/N-ethyl adjacent to an activating group) is 1. The number of ketones is 1. The molecule has 0 aromatic heterocycles. The van der Waals surface area contributed by atoms with Gasteiger partial charge in [0.15, 0.2) is 5.78 Å². The van der Waals surface area contributed by atoms with Gasteiger partial charge in [0.2, 0.25) is 15.9 Å². The number of benzene rings is 1. The molecule has 1 fully saturated rings. The number of hydrogen-bond donors (Lipinski definition) is 1. The standard InChI is InChI=1S/C19H29N3O4S/c1-14(2)20-19(24)13-21(4)17-9-11-22(12-10-17)27(25,26)18-7-5-16(6-8-18)15(3)23/h5-8,14,17H,9-13H2,1-4H3,(H,20,24). The van der Waals surface area contributed by atoms with Crippen molar-refractivity contribution in [1.29, 1.82) is 0 Å². The van der Waals surface area contributed by atoms with Gasteiger partial charge in [-0.15, -0.1) is 0 Å². The molecule has 1 aliphatic heterocycles. The number of Topliss-reactive ketones (excluding diaryl/α,β-unsaturated/α-hetero) is 1. The summed E-state index contributed by atoms with van der Waals surface area (Å²) >= 11 is 0. The Morgan fingerprint density at radius 2 is 1.74 bits per heavy atom. The molecule has 7 nitrogen and oxygen atoms in total. The summed E-state index contributed by atoms with van der Waals surface area (Å²) in [5.74, 6) is -0.114. The first-order chi connectivity index (χ1) is 12.6. The lowest BCUT2D eigenvalue weighted by molar-refractivity contribution is -0.123. The van der Waals surface area contributed by atoms with E-state index in [9.17, 15) is 18.0 Å². The van der Waals surface area contributed by atoms with Crippen LogP contribution in [0.5, 0.6) is 0 Å². The van der Waals surface area contributed by atoms with E-state index in [1.165, 1.54) is 23.4 Å². The molecule has 8 heteroatoms. The summed E-state index contributed by atoms with van der Waals surface area (Å²) < 4.78 is 27.1. The zero-order valence-corrected chi connectivity index (χ0v) is 17.3. The third-order valence-electron chi connectivity index (χ3n) is 4.79. The lowest BCUT2D eigenvalue weighted by atomic mass is 10.1. The number of amides is 1. The van der Waals surface area contributed by atoms with Gasteiger partial charge in [-0.25, -0.2) is 8.42 Å². The Kier molecular flexibility index (Phi) is 7.13. The number of hydrogen-bond acceptors (Lipinski definition) is 5. The first-order valence-corrected chi connectivity index (χ1v) is 10.7. The maximum Gasteiger partial charge on any atom is 0.243 e. The molecule has 1 N–H and O–H groups in total. The lowest BCUT2D eigenvalue weighted by Gasteiger charge is -2.36. The average Bonchev–Trinajstić information content (AvgIpc) is 2.61. The molecule has 150 valence electrons. The van der Waals surface area contributed by atoms with Crippen LogP contribution in [0.15, 0.2) is 29.2 Å². The SMILES string of the molecule is CC(=O)c1ccc(S(=O)(=O)N2CCC(N(C)CC(=O)NC(C)C)CC2)cc1. The zero-order valence-electron chi connectivity index (χ0n) is 16.4. The fourth-order valence-corrected chi connectivity index (χ4v) is 4.73. The fraction of sp³-hybridized carbons (Fsp3) is 0.579. The molecule has 1 aromatic carbocycles. The minimum atomic E-state index is -3.57. The highest BCUT2D eigenvalue weighted by molar-refractivity contribution is 7.89. The summed E-state index contributed by atoms with van der Waals surface area (Å²) in [5, 5.41) is 2.87. The Bertz CT molecular complexity index is 767. The Hall–Kier alpha value is -1.77. The zero-order chi connectivity index (χ0) is 20.2. The molecular weight excluding hydrogens is 366 g/mol. The lowest BCUT2D eigenvalue weighted by Crippen LogP contribution is -2.48. The van der Waals surface area contributed by atoms with E-state index in [2.05, 4.69) is 5.32 Å². The van der Waals surface area contributed by atoms with Crippen LogP contribution in [0.1, 0.15) is 44.0 Å². The number of sulfonamides is 1. The van der Waals surface area contributed by atoms with Crippen molar-refractivity contribution in [3.05, 3.63) is 29.8 Å². The summed E-state index contributed by atoms with van der Waals surface area (Å²) in [6, 6.07) is 6.34. The highest BCUT2D eigenvalue weighted by Gasteiger charge is 2.31. The Morgan fingerprint density at radius 3 is 2.22 bits per heavy atom. The van der Waals surface area contributed by atoms with Crippen molar-refractivity contribution in [3.63, 3.8) is 0 Å². The molecule has 0 bridgehead atoms. The molecule has 0 aliphatic carbocycles. The first-order valence-electron chi connectivity index (χ1n) is 9.22. The van der Waals surface area contributed by atoms with Crippen molar-refractivity contribution in [2.45, 2.75) is 50.6 Å². The second-order valence-corrected chi connectivity index (χ2v) is 9.29. The molecule has 0 atom stereocenters. The van der Waals surface area contributed by atoms with E-state index in [1.807, 2.05) is 25.8 Å². The van der Waals surface area contributed by atoms with Crippen LogP contribution in [0.2, 0.25) is 0 Å². The van der Waals surface area contributed by atoms with Crippen LogP contribution in [0.25, 0.3) is 0 Å². The largest absolute Gasteiger partial charge is 0.353 e. The van der Waals surface area contributed by atoms with E-state index in [0.29, 0.717) is 38.0 Å². The van der Waals surface area contributed by atoms with Gasteiger partial charge >= 0.3 is 0 Å². The molecule has 1 saturated heterocycles. The van der Waals surface area contributed by atoms with Gasteiger partial charge < -0.3 is 5.32 Å². The van der Waals surface area contributed by atoms with Crippen LogP contribution in [-0.2, 0) is 14.8 Å². The van der Waals surface area contributed by atoms with Crippen molar-refractivity contribution in [2.75, 3.05) is 26.7 Å². The number of piperidine rings is 1. The fourth-order valence-electron chi connectivity index (χ4n) is 3.26. The van der Waals surface area contributed by atoms with Crippen molar-refractivity contribution in [1.82, 2.24) is 14.5 Å². The Labute approximate surface area is 161 Å². The normalized spacial score (nSPS) is 16.7. The van der Waals surface area contributed by atoms with E-state index >= 15 is 0 Å². The highest BCUT2D eigenvalue weighted by atomic mass is 32.2. The van der Waals surface area contributed by atoms with Gasteiger partial charge in [-0.1, -0.05) is 12.1 Å². The van der Waals surface area contributed by atoms with Crippen molar-refractivity contribution in [3.8, 4) is 0 Å². The van der Waals surface area contributed by atoms with Crippen LogP contribution in [0, 0.1) is 0 Å². The van der Waals surface area contributed by atoms with Crippen LogP contribution in [0.3, 0.4) is 0 Å². The number of rotatable bonds is 7. The van der Waals surface area contributed by atoms with Crippen molar-refractivity contribution >= 4 is 21.7 Å². The van der Waals surface area contributed by atoms with Gasteiger partial charge in [0.1, 0.15) is 0 Å². The van der Waals surface area contributed by atoms with Gasteiger partial charge in [-0.3, -0.25) is 14.5 Å². The monoisotopic (exact) mass is 395 g/mol. The molecule has 0 spiro atoms. The number of nitrogens with one attached hydrogen (secondary N) is 1. The van der Waals surface area contributed by atoms with Crippen molar-refractivity contribution < 1.29 is 18.0 Å². The van der Waals surface area contributed by atoms with Crippen LogP contribution in [0.4, 0.5) is 0 Å². The van der Waals surface area contributed by atoms with Crippen LogP contribution in [-0.4, -0.2) is 68.1 Å². The Morgan fingerprint density at radius 1 is 1.19 bits per heavy atom. The van der Waals surface area contributed by atoms with E-state index < -0.39 is 10.0 Å². The minimum Gasteiger partial charge on any atom is -0.353 e. The maximum atomic E-state index is 12.8. The average molecular weight is 396 g/mol.